The molecule has 0 radical (unpaired) electrons. The molecule has 2 heterocycles. The van der Waals surface area contributed by atoms with Crippen molar-refractivity contribution in [3.05, 3.63) is 40.3 Å². The van der Waals surface area contributed by atoms with Gasteiger partial charge in [-0.2, -0.15) is 4.98 Å². The van der Waals surface area contributed by atoms with Gasteiger partial charge in [0, 0.05) is 10.6 Å². The van der Waals surface area contributed by atoms with Crippen LogP contribution in [-0.4, -0.2) is 9.97 Å². The van der Waals surface area contributed by atoms with Gasteiger partial charge in [-0.15, -0.1) is 11.3 Å². The van der Waals surface area contributed by atoms with E-state index < -0.39 is 0 Å². The lowest BCUT2D eigenvalue weighted by Crippen LogP contribution is -2.01. The summed E-state index contributed by atoms with van der Waals surface area (Å²) in [4.78, 5) is 10.9. The Labute approximate surface area is 128 Å². The minimum absolute atomic E-state index is 0.305. The first-order chi connectivity index (χ1) is 10.1. The van der Waals surface area contributed by atoms with E-state index in [0.29, 0.717) is 5.95 Å². The first kappa shape index (κ1) is 13.8. The van der Waals surface area contributed by atoms with E-state index in [-0.39, 0.29) is 0 Å². The van der Waals surface area contributed by atoms with Crippen molar-refractivity contribution in [1.29, 1.82) is 0 Å². The molecule has 3 aromatic rings. The first-order valence-electron chi connectivity index (χ1n) is 6.97. The highest BCUT2D eigenvalue weighted by Gasteiger charge is 2.11. The van der Waals surface area contributed by atoms with E-state index in [1.165, 1.54) is 16.0 Å². The van der Waals surface area contributed by atoms with Crippen LogP contribution in [0.15, 0.2) is 24.3 Å². The lowest BCUT2D eigenvalue weighted by Gasteiger charge is -2.11. The second-order valence-electron chi connectivity index (χ2n) is 5.16. The average Bonchev–Trinajstić information content (AvgIpc) is 2.86. The Balaban J connectivity index is 2.11. The largest absolute Gasteiger partial charge is 0.368 e. The molecule has 0 amide bonds. The van der Waals surface area contributed by atoms with Gasteiger partial charge in [0.25, 0.3) is 0 Å². The Morgan fingerprint density at radius 1 is 1.19 bits per heavy atom. The molecule has 0 aliphatic carbocycles. The molecule has 21 heavy (non-hydrogen) atoms. The molecular weight excluding hydrogens is 280 g/mol. The fraction of sp³-hybridized carbons (Fsp3) is 0.250. The Hall–Kier alpha value is -2.14. The number of benzene rings is 1. The highest BCUT2D eigenvalue weighted by molar-refractivity contribution is 7.18. The van der Waals surface area contributed by atoms with Crippen LogP contribution < -0.4 is 11.1 Å². The molecule has 0 bridgehead atoms. The van der Waals surface area contributed by atoms with E-state index in [9.17, 15) is 0 Å². The Kier molecular flexibility index (Phi) is 3.51. The third-order valence-corrected chi connectivity index (χ3v) is 4.63. The molecule has 0 aliphatic rings. The Morgan fingerprint density at radius 2 is 2.00 bits per heavy atom. The first-order valence-corrected chi connectivity index (χ1v) is 7.78. The highest BCUT2D eigenvalue weighted by Crippen LogP contribution is 2.32. The maximum absolute atomic E-state index is 5.84. The van der Waals surface area contributed by atoms with Gasteiger partial charge in [-0.05, 0) is 43.5 Å². The number of hydrogen-bond donors (Lipinski definition) is 2. The number of nitrogens with one attached hydrogen (secondary N) is 1. The molecule has 0 fully saturated rings. The summed E-state index contributed by atoms with van der Waals surface area (Å²) < 4.78 is 0. The number of rotatable bonds is 3. The molecule has 0 unspecified atom stereocenters. The summed E-state index contributed by atoms with van der Waals surface area (Å²) in [6.45, 7) is 6.29. The summed E-state index contributed by atoms with van der Waals surface area (Å²) in [6, 6.07) is 8.47. The van der Waals surface area contributed by atoms with Gasteiger partial charge in [-0.3, -0.25) is 0 Å². The number of hydrogen-bond acceptors (Lipinski definition) is 5. The number of anilines is 3. The van der Waals surface area contributed by atoms with E-state index in [4.69, 9.17) is 5.73 Å². The molecule has 0 spiro atoms. The van der Waals surface area contributed by atoms with Gasteiger partial charge in [0.05, 0.1) is 5.39 Å². The molecule has 0 saturated carbocycles. The van der Waals surface area contributed by atoms with Crippen LogP contribution in [0, 0.1) is 13.8 Å². The van der Waals surface area contributed by atoms with E-state index in [2.05, 4.69) is 60.3 Å². The zero-order chi connectivity index (χ0) is 15.0. The third kappa shape index (κ3) is 2.69. The monoisotopic (exact) mass is 298 g/mol. The van der Waals surface area contributed by atoms with E-state index >= 15 is 0 Å². The molecule has 3 rings (SSSR count). The molecule has 1 aromatic carbocycles. The van der Waals surface area contributed by atoms with Gasteiger partial charge in [0.15, 0.2) is 0 Å². The van der Waals surface area contributed by atoms with Crippen LogP contribution in [0.3, 0.4) is 0 Å². The lowest BCUT2D eigenvalue weighted by molar-refractivity contribution is 1.19. The quantitative estimate of drug-likeness (QED) is 0.760. The van der Waals surface area contributed by atoms with Gasteiger partial charge >= 0.3 is 0 Å². The highest BCUT2D eigenvalue weighted by atomic mass is 32.1. The normalized spacial score (nSPS) is 11.0. The number of nitrogens with two attached hydrogens (primary N) is 1. The van der Waals surface area contributed by atoms with Crippen LogP contribution in [0.4, 0.5) is 17.5 Å². The lowest BCUT2D eigenvalue weighted by atomic mass is 10.1. The zero-order valence-corrected chi connectivity index (χ0v) is 13.2. The summed E-state index contributed by atoms with van der Waals surface area (Å²) in [5.74, 6) is 1.09. The zero-order valence-electron chi connectivity index (χ0n) is 12.4. The van der Waals surface area contributed by atoms with Crippen molar-refractivity contribution in [3.63, 3.8) is 0 Å². The molecule has 5 heteroatoms. The van der Waals surface area contributed by atoms with Crippen molar-refractivity contribution in [2.24, 2.45) is 0 Å². The molecule has 108 valence electrons. The second kappa shape index (κ2) is 5.33. The van der Waals surface area contributed by atoms with Crippen molar-refractivity contribution < 1.29 is 0 Å². The number of aryl methyl sites for hydroxylation is 3. The maximum atomic E-state index is 5.84. The van der Waals surface area contributed by atoms with Crippen LogP contribution in [0.1, 0.15) is 22.9 Å². The SMILES string of the molecule is CCc1cc2c(Nc3cc(C)ccc3C)nc(N)nc2s1. The molecule has 0 saturated heterocycles. The molecule has 4 nitrogen and oxygen atoms in total. The summed E-state index contributed by atoms with van der Waals surface area (Å²) >= 11 is 1.67. The molecule has 0 atom stereocenters. The van der Waals surface area contributed by atoms with Crippen LogP contribution >= 0.6 is 11.3 Å². The van der Waals surface area contributed by atoms with Crippen molar-refractivity contribution in [3.8, 4) is 0 Å². The topological polar surface area (TPSA) is 63.8 Å². The molecule has 2 aromatic heterocycles. The fourth-order valence-corrected chi connectivity index (χ4v) is 3.23. The summed E-state index contributed by atoms with van der Waals surface area (Å²) in [5, 5.41) is 4.44. The maximum Gasteiger partial charge on any atom is 0.223 e. The fourth-order valence-electron chi connectivity index (χ4n) is 2.26. The van der Waals surface area contributed by atoms with Crippen LogP contribution in [0.25, 0.3) is 10.2 Å². The van der Waals surface area contributed by atoms with Crippen molar-refractivity contribution in [2.45, 2.75) is 27.2 Å². The van der Waals surface area contributed by atoms with E-state index in [1.54, 1.807) is 11.3 Å². The van der Waals surface area contributed by atoms with Gasteiger partial charge in [0.2, 0.25) is 5.95 Å². The standard InChI is InChI=1S/C16H18N4S/c1-4-11-8-12-14(19-16(17)20-15(12)21-11)18-13-7-9(2)5-6-10(13)3/h5-8H,4H2,1-3H3,(H3,17,18,19,20). The Bertz CT molecular complexity index is 807. The van der Waals surface area contributed by atoms with Crippen molar-refractivity contribution in [1.82, 2.24) is 9.97 Å². The van der Waals surface area contributed by atoms with E-state index in [1.807, 2.05) is 0 Å². The minimum Gasteiger partial charge on any atom is -0.368 e. The van der Waals surface area contributed by atoms with Crippen LogP contribution in [-0.2, 0) is 6.42 Å². The minimum atomic E-state index is 0.305. The predicted molar refractivity (Wildman–Crippen MR) is 90.4 cm³/mol. The summed E-state index contributed by atoms with van der Waals surface area (Å²) in [6.07, 6.45) is 0.990. The number of nitrogen functional groups attached to an aromatic ring is 1. The predicted octanol–water partition coefficient (Wildman–Crippen LogP) is 4.20. The smallest absolute Gasteiger partial charge is 0.223 e. The molecule has 0 aliphatic heterocycles. The Morgan fingerprint density at radius 3 is 2.76 bits per heavy atom. The number of thiophene rings is 1. The van der Waals surface area contributed by atoms with Gasteiger partial charge < -0.3 is 11.1 Å². The van der Waals surface area contributed by atoms with Crippen LogP contribution in [0.5, 0.6) is 0 Å². The summed E-state index contributed by atoms with van der Waals surface area (Å²) in [5.41, 5.74) is 9.28. The van der Waals surface area contributed by atoms with Gasteiger partial charge in [0.1, 0.15) is 10.6 Å². The van der Waals surface area contributed by atoms with E-state index in [0.717, 1.165) is 28.1 Å². The summed E-state index contributed by atoms with van der Waals surface area (Å²) in [7, 11) is 0. The van der Waals surface area contributed by atoms with Gasteiger partial charge in [-0.1, -0.05) is 19.1 Å². The number of fused-ring (bicyclic) bond motifs is 1. The number of nitrogens with zero attached hydrogens (tertiary/aromatic N) is 2. The third-order valence-electron chi connectivity index (χ3n) is 3.46. The van der Waals surface area contributed by atoms with Crippen molar-refractivity contribution >= 4 is 39.0 Å². The average molecular weight is 298 g/mol. The molecular formula is C16H18N4S. The molecule has 3 N–H and O–H groups in total. The van der Waals surface area contributed by atoms with Gasteiger partial charge in [-0.25, -0.2) is 4.98 Å². The second-order valence-corrected chi connectivity index (χ2v) is 6.27. The van der Waals surface area contributed by atoms with Crippen LogP contribution in [0.2, 0.25) is 0 Å². The van der Waals surface area contributed by atoms with Crippen molar-refractivity contribution in [2.75, 3.05) is 11.1 Å². The number of aromatic nitrogens is 2.